The van der Waals surface area contributed by atoms with E-state index in [1.54, 1.807) is 42.0 Å². The molecule has 0 unspecified atom stereocenters. The summed E-state index contributed by atoms with van der Waals surface area (Å²) in [5, 5.41) is 23.1. The largest absolute Gasteiger partial charge is 0.496 e. The van der Waals surface area contributed by atoms with Crippen molar-refractivity contribution in [2.24, 2.45) is 0 Å². The number of nitro benzene ring substituents is 1. The van der Waals surface area contributed by atoms with E-state index in [0.29, 0.717) is 33.9 Å². The van der Waals surface area contributed by atoms with Crippen molar-refractivity contribution in [2.45, 2.75) is 11.7 Å². The molecule has 31 heavy (non-hydrogen) atoms. The molecule has 1 N–H and O–H groups in total. The minimum Gasteiger partial charge on any atom is -0.496 e. The second-order valence-electron chi connectivity index (χ2n) is 6.16. The third kappa shape index (κ3) is 5.22. The van der Waals surface area contributed by atoms with Crippen molar-refractivity contribution in [3.8, 4) is 17.1 Å². The number of nitrogens with zero attached hydrogens (tertiary/aromatic N) is 4. The van der Waals surface area contributed by atoms with Gasteiger partial charge in [-0.25, -0.2) is 0 Å². The number of thioether (sulfide) groups is 1. The number of aromatic nitrogens is 3. The Morgan fingerprint density at radius 2 is 2.13 bits per heavy atom. The van der Waals surface area contributed by atoms with Crippen LogP contribution in [0.1, 0.15) is 0 Å². The van der Waals surface area contributed by atoms with E-state index in [-0.39, 0.29) is 17.1 Å². The van der Waals surface area contributed by atoms with Crippen LogP contribution in [-0.2, 0) is 11.3 Å². The summed E-state index contributed by atoms with van der Waals surface area (Å²) < 4.78 is 7.18. The molecule has 3 aromatic rings. The van der Waals surface area contributed by atoms with Crippen LogP contribution in [0.25, 0.3) is 11.4 Å². The molecule has 0 aliphatic heterocycles. The van der Waals surface area contributed by atoms with Gasteiger partial charge in [-0.15, -0.1) is 16.8 Å². The van der Waals surface area contributed by atoms with Gasteiger partial charge in [0.2, 0.25) is 5.91 Å². The lowest BCUT2D eigenvalue weighted by Crippen LogP contribution is -2.15. The van der Waals surface area contributed by atoms with E-state index in [1.165, 1.54) is 18.2 Å². The summed E-state index contributed by atoms with van der Waals surface area (Å²) in [5.41, 5.74) is 0.613. The Morgan fingerprint density at radius 3 is 2.84 bits per heavy atom. The number of allylic oxidation sites excluding steroid dienone is 1. The predicted octanol–water partition coefficient (Wildman–Crippen LogP) is 4.43. The molecule has 0 spiro atoms. The number of halogens is 1. The molecule has 11 heteroatoms. The number of hydrogen-bond donors (Lipinski definition) is 1. The Morgan fingerprint density at radius 1 is 1.35 bits per heavy atom. The third-order valence-corrected chi connectivity index (χ3v) is 5.34. The molecule has 0 atom stereocenters. The van der Waals surface area contributed by atoms with E-state index in [2.05, 4.69) is 22.1 Å². The number of para-hydroxylation sites is 2. The zero-order chi connectivity index (χ0) is 22.4. The van der Waals surface area contributed by atoms with Crippen LogP contribution in [0, 0.1) is 10.1 Å². The van der Waals surface area contributed by atoms with E-state index in [4.69, 9.17) is 16.3 Å². The molecule has 3 rings (SSSR count). The van der Waals surface area contributed by atoms with Crippen molar-refractivity contribution in [3.63, 3.8) is 0 Å². The number of carbonyl (C=O) groups excluding carboxylic acids is 1. The second kappa shape index (κ2) is 10.1. The van der Waals surface area contributed by atoms with Crippen LogP contribution in [0.15, 0.2) is 60.3 Å². The molecule has 0 saturated heterocycles. The van der Waals surface area contributed by atoms with Crippen LogP contribution in [-0.4, -0.2) is 38.5 Å². The summed E-state index contributed by atoms with van der Waals surface area (Å²) in [6.45, 7) is 4.16. The number of ether oxygens (including phenoxy) is 1. The average Bonchev–Trinajstić information content (AvgIpc) is 3.15. The number of nitro groups is 1. The van der Waals surface area contributed by atoms with Crippen LogP contribution in [0.5, 0.6) is 5.75 Å². The van der Waals surface area contributed by atoms with Crippen molar-refractivity contribution in [3.05, 3.63) is 70.3 Å². The molecule has 0 aliphatic rings. The fraction of sp³-hybridized carbons (Fsp3) is 0.150. The maximum atomic E-state index is 12.4. The van der Waals surface area contributed by atoms with Crippen LogP contribution >= 0.6 is 23.4 Å². The van der Waals surface area contributed by atoms with Crippen molar-refractivity contribution < 1.29 is 14.5 Å². The van der Waals surface area contributed by atoms with Gasteiger partial charge in [-0.3, -0.25) is 19.5 Å². The lowest BCUT2D eigenvalue weighted by Gasteiger charge is -2.11. The van der Waals surface area contributed by atoms with Crippen molar-refractivity contribution >= 4 is 40.6 Å². The van der Waals surface area contributed by atoms with Crippen molar-refractivity contribution in [2.75, 3.05) is 18.2 Å². The topological polar surface area (TPSA) is 112 Å². The quantitative estimate of drug-likeness (QED) is 0.218. The normalized spacial score (nSPS) is 10.5. The summed E-state index contributed by atoms with van der Waals surface area (Å²) in [6, 6.07) is 11.1. The van der Waals surface area contributed by atoms with Crippen LogP contribution < -0.4 is 10.1 Å². The molecule has 2 aromatic carbocycles. The van der Waals surface area contributed by atoms with Crippen molar-refractivity contribution in [1.82, 2.24) is 14.8 Å². The van der Waals surface area contributed by atoms with Gasteiger partial charge in [0.1, 0.15) is 11.4 Å². The van der Waals surface area contributed by atoms with E-state index in [9.17, 15) is 14.9 Å². The Bertz CT molecular complexity index is 1130. The minimum atomic E-state index is -0.547. The molecule has 160 valence electrons. The smallest absolute Gasteiger partial charge is 0.292 e. The fourth-order valence-corrected chi connectivity index (χ4v) is 3.72. The summed E-state index contributed by atoms with van der Waals surface area (Å²) >= 11 is 7.28. The second-order valence-corrected chi connectivity index (χ2v) is 7.54. The molecule has 0 fully saturated rings. The Kier molecular flexibility index (Phi) is 7.27. The zero-order valence-electron chi connectivity index (χ0n) is 16.4. The van der Waals surface area contributed by atoms with Gasteiger partial charge in [-0.2, -0.15) is 0 Å². The first-order chi connectivity index (χ1) is 14.9. The summed E-state index contributed by atoms with van der Waals surface area (Å²) in [7, 11) is 1.55. The Balaban J connectivity index is 1.80. The average molecular weight is 460 g/mol. The first kappa shape index (κ1) is 22.3. The van der Waals surface area contributed by atoms with Gasteiger partial charge in [-0.05, 0) is 24.3 Å². The first-order valence-electron chi connectivity index (χ1n) is 8.98. The number of amides is 1. The highest BCUT2D eigenvalue weighted by atomic mass is 35.5. The Labute approximate surface area is 187 Å². The SMILES string of the molecule is C=CCn1c(SCC(=O)Nc2ccccc2[N+](=O)[O-])nnc1-c1cc(Cl)ccc1OC. The number of rotatable bonds is 9. The number of methoxy groups -OCH3 is 1. The maximum Gasteiger partial charge on any atom is 0.292 e. The summed E-state index contributed by atoms with van der Waals surface area (Å²) in [4.78, 5) is 22.9. The lowest BCUT2D eigenvalue weighted by molar-refractivity contribution is -0.383. The highest BCUT2D eigenvalue weighted by Crippen LogP contribution is 2.33. The van der Waals surface area contributed by atoms with E-state index < -0.39 is 10.8 Å². The molecule has 9 nitrogen and oxygen atoms in total. The highest BCUT2D eigenvalue weighted by molar-refractivity contribution is 7.99. The fourth-order valence-electron chi connectivity index (χ4n) is 2.80. The van der Waals surface area contributed by atoms with Gasteiger partial charge in [0.05, 0.1) is 23.3 Å². The summed E-state index contributed by atoms with van der Waals surface area (Å²) in [5.74, 6) is 0.663. The monoisotopic (exact) mass is 459 g/mol. The molecular weight excluding hydrogens is 442 g/mol. The van der Waals surface area contributed by atoms with Crippen LogP contribution in [0.4, 0.5) is 11.4 Å². The highest BCUT2D eigenvalue weighted by Gasteiger charge is 2.19. The lowest BCUT2D eigenvalue weighted by atomic mass is 10.2. The molecule has 0 radical (unpaired) electrons. The number of anilines is 1. The predicted molar refractivity (Wildman–Crippen MR) is 120 cm³/mol. The minimum absolute atomic E-state index is 0.0198. The number of carbonyl (C=O) groups is 1. The number of benzene rings is 2. The van der Waals surface area contributed by atoms with Gasteiger partial charge in [0.15, 0.2) is 11.0 Å². The van der Waals surface area contributed by atoms with Gasteiger partial charge in [0.25, 0.3) is 5.69 Å². The first-order valence-corrected chi connectivity index (χ1v) is 10.3. The molecule has 1 aromatic heterocycles. The Hall–Kier alpha value is -3.37. The van der Waals surface area contributed by atoms with E-state index in [0.717, 1.165) is 11.8 Å². The van der Waals surface area contributed by atoms with Gasteiger partial charge >= 0.3 is 0 Å². The molecule has 1 heterocycles. The van der Waals surface area contributed by atoms with Crippen molar-refractivity contribution in [1.29, 1.82) is 0 Å². The van der Waals surface area contributed by atoms with Gasteiger partial charge in [0, 0.05) is 17.6 Å². The maximum absolute atomic E-state index is 12.4. The standard InChI is InChI=1S/C20H18ClN5O4S/c1-3-10-25-19(14-11-13(21)8-9-17(14)30-2)23-24-20(25)31-12-18(27)22-15-6-4-5-7-16(15)26(28)29/h3-9,11H,1,10,12H2,2H3,(H,22,27). The zero-order valence-corrected chi connectivity index (χ0v) is 18.0. The number of hydrogen-bond acceptors (Lipinski definition) is 7. The molecule has 0 saturated carbocycles. The molecular formula is C20H18ClN5O4S. The number of nitrogens with one attached hydrogen (secondary N) is 1. The molecule has 0 aliphatic carbocycles. The third-order valence-electron chi connectivity index (χ3n) is 4.14. The van der Waals surface area contributed by atoms with Crippen LogP contribution in [0.2, 0.25) is 5.02 Å². The molecule has 1 amide bonds. The van der Waals surface area contributed by atoms with E-state index >= 15 is 0 Å². The van der Waals surface area contributed by atoms with Gasteiger partial charge < -0.3 is 10.1 Å². The van der Waals surface area contributed by atoms with E-state index in [1.807, 2.05) is 0 Å². The van der Waals surface area contributed by atoms with Crippen LogP contribution in [0.3, 0.4) is 0 Å². The molecule has 0 bridgehead atoms. The summed E-state index contributed by atoms with van der Waals surface area (Å²) in [6.07, 6.45) is 1.68. The van der Waals surface area contributed by atoms with Gasteiger partial charge in [-0.1, -0.05) is 41.6 Å².